The van der Waals surface area contributed by atoms with Gasteiger partial charge in [-0.25, -0.2) is 8.78 Å². The average Bonchev–Trinajstić information content (AvgIpc) is 3.04. The van der Waals surface area contributed by atoms with E-state index in [4.69, 9.17) is 4.74 Å². The molecule has 0 saturated carbocycles. The monoisotopic (exact) mass is 519 g/mol. The third-order valence-corrected chi connectivity index (χ3v) is 7.72. The van der Waals surface area contributed by atoms with E-state index in [9.17, 15) is 13.6 Å². The number of amides is 1. The van der Waals surface area contributed by atoms with E-state index in [1.165, 1.54) is 23.3 Å². The number of ether oxygens (including phenoxy) is 1. The normalized spacial score (nSPS) is 16.7. The number of anilines is 2. The van der Waals surface area contributed by atoms with E-state index in [2.05, 4.69) is 54.4 Å². The molecule has 1 spiro atoms. The van der Waals surface area contributed by atoms with Gasteiger partial charge in [-0.2, -0.15) is 0 Å². The molecule has 5 nitrogen and oxygen atoms in total. The van der Waals surface area contributed by atoms with Gasteiger partial charge in [0.25, 0.3) is 0 Å². The summed E-state index contributed by atoms with van der Waals surface area (Å²) in [6, 6.07) is 20.3. The molecule has 0 radical (unpaired) electrons. The molecule has 1 N–H and O–H groups in total. The van der Waals surface area contributed by atoms with Crippen LogP contribution in [0, 0.1) is 11.6 Å². The first-order valence-corrected chi connectivity index (χ1v) is 13.4. The molecular weight excluding hydrogens is 484 g/mol. The van der Waals surface area contributed by atoms with Gasteiger partial charge in [-0.15, -0.1) is 0 Å². The molecule has 38 heavy (non-hydrogen) atoms. The van der Waals surface area contributed by atoms with Crippen LogP contribution in [0.4, 0.5) is 20.2 Å². The number of halogens is 2. The van der Waals surface area contributed by atoms with E-state index >= 15 is 0 Å². The van der Waals surface area contributed by atoms with Crippen molar-refractivity contribution in [3.05, 3.63) is 89.5 Å². The number of para-hydroxylation sites is 2. The number of hydrogen-bond donors (Lipinski definition) is 1. The standard InChI is InChI=1S/C31H35F2N3O2/c1-22(2)24-9-7-23(8-10-24)21-36-16-13-31(38-29-6-4-3-5-28(29)36)11-14-35(15-12-31)30(37)20-34-27-18-25(32)17-26(33)19-27/h3-10,17-19,22,34H,11-16,20-21H2,1-2H3. The first kappa shape index (κ1) is 26.0. The molecule has 0 aliphatic carbocycles. The van der Waals surface area contributed by atoms with Crippen LogP contribution in [0.25, 0.3) is 0 Å². The van der Waals surface area contributed by atoms with Crippen molar-refractivity contribution in [2.75, 3.05) is 36.4 Å². The van der Waals surface area contributed by atoms with Crippen molar-refractivity contribution in [2.45, 2.75) is 51.2 Å². The minimum absolute atomic E-state index is 0.0110. The number of likely N-dealkylation sites (tertiary alicyclic amines) is 1. The lowest BCUT2D eigenvalue weighted by molar-refractivity contribution is -0.132. The molecule has 0 aromatic heterocycles. The maximum atomic E-state index is 13.5. The molecular formula is C31H35F2N3O2. The van der Waals surface area contributed by atoms with Gasteiger partial charge in [0.2, 0.25) is 5.91 Å². The van der Waals surface area contributed by atoms with Crippen LogP contribution in [-0.2, 0) is 11.3 Å². The summed E-state index contributed by atoms with van der Waals surface area (Å²) in [5.41, 5.74) is 3.63. The summed E-state index contributed by atoms with van der Waals surface area (Å²) in [7, 11) is 0. The van der Waals surface area contributed by atoms with Gasteiger partial charge in [-0.05, 0) is 41.3 Å². The Balaban J connectivity index is 1.22. The van der Waals surface area contributed by atoms with Gasteiger partial charge < -0.3 is 19.9 Å². The molecule has 2 heterocycles. The molecule has 0 unspecified atom stereocenters. The number of nitrogens with one attached hydrogen (secondary N) is 1. The van der Waals surface area contributed by atoms with E-state index in [0.717, 1.165) is 49.9 Å². The Labute approximate surface area is 223 Å². The number of piperidine rings is 1. The Morgan fingerprint density at radius 1 is 0.947 bits per heavy atom. The summed E-state index contributed by atoms with van der Waals surface area (Å²) in [5, 5.41) is 2.85. The zero-order valence-electron chi connectivity index (χ0n) is 22.1. The van der Waals surface area contributed by atoms with Crippen LogP contribution in [0.1, 0.15) is 50.2 Å². The van der Waals surface area contributed by atoms with Crippen LogP contribution in [0.3, 0.4) is 0 Å². The highest BCUT2D eigenvalue weighted by Crippen LogP contribution is 2.41. The topological polar surface area (TPSA) is 44.8 Å². The Morgan fingerprint density at radius 2 is 1.61 bits per heavy atom. The van der Waals surface area contributed by atoms with Crippen molar-refractivity contribution in [3.63, 3.8) is 0 Å². The second-order valence-electron chi connectivity index (χ2n) is 10.7. The number of rotatable bonds is 6. The number of fused-ring (bicyclic) bond motifs is 1. The zero-order valence-corrected chi connectivity index (χ0v) is 22.1. The molecule has 3 aromatic rings. The predicted molar refractivity (Wildman–Crippen MR) is 147 cm³/mol. The van der Waals surface area contributed by atoms with Crippen LogP contribution < -0.4 is 15.0 Å². The van der Waals surface area contributed by atoms with E-state index in [0.29, 0.717) is 19.0 Å². The van der Waals surface area contributed by atoms with Crippen LogP contribution in [0.15, 0.2) is 66.7 Å². The van der Waals surface area contributed by atoms with Gasteiger partial charge in [0.1, 0.15) is 23.0 Å². The van der Waals surface area contributed by atoms with Crippen molar-refractivity contribution in [1.29, 1.82) is 0 Å². The second-order valence-corrected chi connectivity index (χ2v) is 10.7. The molecule has 3 aromatic carbocycles. The average molecular weight is 520 g/mol. The molecule has 0 bridgehead atoms. The fraction of sp³-hybridized carbons (Fsp3) is 0.387. The molecule has 1 saturated heterocycles. The van der Waals surface area contributed by atoms with Crippen molar-refractivity contribution in [2.24, 2.45) is 0 Å². The molecule has 2 aliphatic heterocycles. The Hall–Kier alpha value is -3.61. The van der Waals surface area contributed by atoms with Crippen molar-refractivity contribution in [3.8, 4) is 5.75 Å². The molecule has 2 aliphatic rings. The highest BCUT2D eigenvalue weighted by Gasteiger charge is 2.40. The molecule has 5 rings (SSSR count). The number of carbonyl (C=O) groups is 1. The van der Waals surface area contributed by atoms with Gasteiger partial charge >= 0.3 is 0 Å². The minimum Gasteiger partial charge on any atom is -0.485 e. The summed E-state index contributed by atoms with van der Waals surface area (Å²) in [4.78, 5) is 17.0. The van der Waals surface area contributed by atoms with Crippen LogP contribution in [-0.4, -0.2) is 42.6 Å². The number of benzene rings is 3. The molecule has 1 amide bonds. The third kappa shape index (κ3) is 5.93. The van der Waals surface area contributed by atoms with E-state index in [-0.39, 0.29) is 23.7 Å². The molecule has 0 atom stereocenters. The highest BCUT2D eigenvalue weighted by atomic mass is 19.1. The van der Waals surface area contributed by atoms with Crippen LogP contribution >= 0.6 is 0 Å². The Kier molecular flexibility index (Phi) is 7.54. The largest absolute Gasteiger partial charge is 0.485 e. The highest BCUT2D eigenvalue weighted by molar-refractivity contribution is 5.81. The lowest BCUT2D eigenvalue weighted by Crippen LogP contribution is -2.51. The maximum absolute atomic E-state index is 13.5. The van der Waals surface area contributed by atoms with E-state index in [1.807, 2.05) is 23.1 Å². The second kappa shape index (κ2) is 11.0. The van der Waals surface area contributed by atoms with Gasteiger partial charge in [0, 0.05) is 57.2 Å². The summed E-state index contributed by atoms with van der Waals surface area (Å²) < 4.78 is 33.6. The third-order valence-electron chi connectivity index (χ3n) is 7.72. The van der Waals surface area contributed by atoms with Crippen molar-refractivity contribution < 1.29 is 18.3 Å². The SMILES string of the molecule is CC(C)c1ccc(CN2CCC3(CCN(C(=O)CNc4cc(F)cc(F)c4)CC3)Oc3ccccc32)cc1. The van der Waals surface area contributed by atoms with Crippen molar-refractivity contribution in [1.82, 2.24) is 4.90 Å². The first-order chi connectivity index (χ1) is 18.3. The number of hydrogen-bond acceptors (Lipinski definition) is 4. The van der Waals surface area contributed by atoms with E-state index < -0.39 is 11.6 Å². The maximum Gasteiger partial charge on any atom is 0.241 e. The lowest BCUT2D eigenvalue weighted by atomic mass is 9.87. The van der Waals surface area contributed by atoms with Gasteiger partial charge in [0.05, 0.1) is 12.2 Å². The van der Waals surface area contributed by atoms with Crippen LogP contribution in [0.5, 0.6) is 5.75 Å². The van der Waals surface area contributed by atoms with Crippen molar-refractivity contribution >= 4 is 17.3 Å². The first-order valence-electron chi connectivity index (χ1n) is 13.4. The Morgan fingerprint density at radius 3 is 2.29 bits per heavy atom. The fourth-order valence-electron chi connectivity index (χ4n) is 5.40. The summed E-state index contributed by atoms with van der Waals surface area (Å²) >= 11 is 0. The summed E-state index contributed by atoms with van der Waals surface area (Å²) in [6.45, 7) is 7.24. The summed E-state index contributed by atoms with van der Waals surface area (Å²) in [6.07, 6.45) is 2.34. The van der Waals surface area contributed by atoms with E-state index in [1.54, 1.807) is 0 Å². The van der Waals surface area contributed by atoms with Gasteiger partial charge in [0.15, 0.2) is 0 Å². The van der Waals surface area contributed by atoms with Crippen LogP contribution in [0.2, 0.25) is 0 Å². The minimum atomic E-state index is -0.674. The van der Waals surface area contributed by atoms with Gasteiger partial charge in [-0.3, -0.25) is 4.79 Å². The fourth-order valence-corrected chi connectivity index (χ4v) is 5.40. The van der Waals surface area contributed by atoms with Gasteiger partial charge in [-0.1, -0.05) is 50.2 Å². The Bertz CT molecular complexity index is 1250. The lowest BCUT2D eigenvalue weighted by Gasteiger charge is -2.41. The molecule has 7 heteroatoms. The smallest absolute Gasteiger partial charge is 0.241 e. The number of carbonyl (C=O) groups excluding carboxylic acids is 1. The predicted octanol–water partition coefficient (Wildman–Crippen LogP) is 6.35. The molecule has 1 fully saturated rings. The quantitative estimate of drug-likeness (QED) is 0.412. The zero-order chi connectivity index (χ0) is 26.7. The summed E-state index contributed by atoms with van der Waals surface area (Å²) in [5.74, 6) is -0.0444. The number of nitrogens with zero attached hydrogens (tertiary/aromatic N) is 2. The molecule has 200 valence electrons.